The molecule has 0 aliphatic carbocycles. The maximum atomic E-state index is 12.4. The van der Waals surface area contributed by atoms with Gasteiger partial charge in [0.15, 0.2) is 6.61 Å². The number of carbonyl (C=O) groups excluding carboxylic acids is 1. The standard InChI is InChI=1S/C26H23N5O3/c1-17-14-18(2)28-19(15-17)8-10-23-21-9-7-20(16-24(21)31-30-23)29-25-22(6-5-11-27-25)26(33)34-13-4-3-12-32/h5-11,14-16,32H,12-13H2,1-2H3,(H,27,29)(H,30,31). The number of ether oxygens (including phenoxy) is 1. The number of rotatable bonds is 6. The van der Waals surface area contributed by atoms with E-state index in [1.54, 1.807) is 18.3 Å². The number of aliphatic hydroxyl groups is 1. The Morgan fingerprint density at radius 1 is 1.18 bits per heavy atom. The minimum absolute atomic E-state index is 0.109. The van der Waals surface area contributed by atoms with Gasteiger partial charge in [0.2, 0.25) is 0 Å². The maximum Gasteiger partial charge on any atom is 0.342 e. The topological polar surface area (TPSA) is 113 Å². The van der Waals surface area contributed by atoms with Crippen LogP contribution in [0.25, 0.3) is 23.1 Å². The van der Waals surface area contributed by atoms with E-state index in [0.717, 1.165) is 39.2 Å². The molecule has 8 heteroatoms. The van der Waals surface area contributed by atoms with E-state index in [-0.39, 0.29) is 18.8 Å². The van der Waals surface area contributed by atoms with Crippen molar-refractivity contribution in [2.45, 2.75) is 13.8 Å². The second-order valence-corrected chi connectivity index (χ2v) is 7.53. The quantitative estimate of drug-likeness (QED) is 0.298. The lowest BCUT2D eigenvalue weighted by Gasteiger charge is -2.10. The predicted molar refractivity (Wildman–Crippen MR) is 131 cm³/mol. The number of nitrogens with one attached hydrogen (secondary N) is 2. The third-order valence-electron chi connectivity index (χ3n) is 4.89. The third kappa shape index (κ3) is 5.46. The largest absolute Gasteiger partial charge is 0.449 e. The monoisotopic (exact) mass is 453 g/mol. The summed E-state index contributed by atoms with van der Waals surface area (Å²) in [6.45, 7) is 3.62. The molecule has 0 spiro atoms. The molecule has 0 atom stereocenters. The van der Waals surface area contributed by atoms with E-state index < -0.39 is 5.97 Å². The van der Waals surface area contributed by atoms with Gasteiger partial charge < -0.3 is 15.2 Å². The van der Waals surface area contributed by atoms with Crippen LogP contribution in [-0.4, -0.2) is 44.5 Å². The highest BCUT2D eigenvalue weighted by Crippen LogP contribution is 2.25. The van der Waals surface area contributed by atoms with E-state index in [0.29, 0.717) is 5.82 Å². The Kier molecular flexibility index (Phi) is 6.96. The summed E-state index contributed by atoms with van der Waals surface area (Å²) in [5, 5.41) is 20.3. The first kappa shape index (κ1) is 22.7. The van der Waals surface area contributed by atoms with Crippen LogP contribution in [0.4, 0.5) is 11.5 Å². The maximum absolute atomic E-state index is 12.4. The van der Waals surface area contributed by atoms with Gasteiger partial charge in [-0.05, 0) is 74.0 Å². The summed E-state index contributed by atoms with van der Waals surface area (Å²) in [5.74, 6) is 4.79. The molecule has 1 aromatic carbocycles. The lowest BCUT2D eigenvalue weighted by molar-refractivity contribution is 0.0557. The summed E-state index contributed by atoms with van der Waals surface area (Å²) < 4.78 is 5.13. The third-order valence-corrected chi connectivity index (χ3v) is 4.89. The van der Waals surface area contributed by atoms with Crippen molar-refractivity contribution < 1.29 is 14.6 Å². The Bertz CT molecular complexity index is 1410. The highest BCUT2D eigenvalue weighted by Gasteiger charge is 2.14. The molecule has 0 radical (unpaired) electrons. The van der Waals surface area contributed by atoms with E-state index in [1.165, 1.54) is 0 Å². The zero-order valence-corrected chi connectivity index (χ0v) is 18.8. The summed E-state index contributed by atoms with van der Waals surface area (Å²) in [6.07, 6.45) is 5.46. The van der Waals surface area contributed by atoms with E-state index in [4.69, 9.17) is 9.84 Å². The lowest BCUT2D eigenvalue weighted by Crippen LogP contribution is -2.09. The molecule has 3 aromatic heterocycles. The first-order chi connectivity index (χ1) is 16.5. The Morgan fingerprint density at radius 3 is 2.88 bits per heavy atom. The molecule has 170 valence electrons. The van der Waals surface area contributed by atoms with Crippen molar-refractivity contribution in [1.29, 1.82) is 0 Å². The number of benzene rings is 1. The van der Waals surface area contributed by atoms with Crippen LogP contribution in [0.3, 0.4) is 0 Å². The number of esters is 1. The number of aliphatic hydroxyl groups excluding tert-OH is 1. The zero-order chi connectivity index (χ0) is 23.9. The number of hydrogen-bond donors (Lipinski definition) is 3. The number of H-pyrrole nitrogens is 1. The van der Waals surface area contributed by atoms with E-state index in [1.807, 2.05) is 56.3 Å². The number of nitrogens with zero attached hydrogens (tertiary/aromatic N) is 3. The summed E-state index contributed by atoms with van der Waals surface area (Å²) in [6, 6.07) is 13.1. The summed E-state index contributed by atoms with van der Waals surface area (Å²) in [7, 11) is 0. The Balaban J connectivity index is 1.53. The van der Waals surface area contributed by atoms with Crippen molar-refractivity contribution in [3.05, 3.63) is 76.9 Å². The minimum atomic E-state index is -0.558. The van der Waals surface area contributed by atoms with Crippen molar-refractivity contribution >= 4 is 40.5 Å². The molecule has 3 N–H and O–H groups in total. The van der Waals surface area contributed by atoms with Gasteiger partial charge in [-0.1, -0.05) is 11.8 Å². The van der Waals surface area contributed by atoms with Gasteiger partial charge in [0.1, 0.15) is 18.0 Å². The summed E-state index contributed by atoms with van der Waals surface area (Å²) in [5.41, 5.74) is 5.65. The number of pyridine rings is 2. The predicted octanol–water partition coefficient (Wildman–Crippen LogP) is 4.04. The highest BCUT2D eigenvalue weighted by molar-refractivity contribution is 5.96. The Labute approximate surface area is 196 Å². The van der Waals surface area contributed by atoms with Crippen LogP contribution >= 0.6 is 0 Å². The normalized spacial score (nSPS) is 10.8. The zero-order valence-electron chi connectivity index (χ0n) is 18.8. The lowest BCUT2D eigenvalue weighted by atomic mass is 10.1. The van der Waals surface area contributed by atoms with Crippen LogP contribution in [0.5, 0.6) is 0 Å². The SMILES string of the molecule is Cc1cc(C)nc(C=Cc2n[nH]c3cc(Nc4ncccc4C(=O)OCC#CCO)ccc23)c1. The molecule has 4 rings (SSSR count). The molecule has 0 bridgehead atoms. The van der Waals surface area contributed by atoms with Crippen molar-refractivity contribution in [3.8, 4) is 11.8 Å². The smallest absolute Gasteiger partial charge is 0.342 e. The molecule has 0 aliphatic rings. The number of aromatic amines is 1. The van der Waals surface area contributed by atoms with Crippen molar-refractivity contribution in [2.75, 3.05) is 18.5 Å². The van der Waals surface area contributed by atoms with Gasteiger partial charge in [-0.25, -0.2) is 9.78 Å². The Morgan fingerprint density at radius 2 is 2.06 bits per heavy atom. The van der Waals surface area contributed by atoms with Gasteiger partial charge in [-0.3, -0.25) is 10.1 Å². The van der Waals surface area contributed by atoms with Crippen molar-refractivity contribution in [2.24, 2.45) is 0 Å². The highest BCUT2D eigenvalue weighted by atomic mass is 16.5. The van der Waals surface area contributed by atoms with E-state index in [2.05, 4.69) is 37.3 Å². The van der Waals surface area contributed by atoms with E-state index in [9.17, 15) is 4.79 Å². The van der Waals surface area contributed by atoms with Gasteiger partial charge in [0.25, 0.3) is 0 Å². The average Bonchev–Trinajstić information content (AvgIpc) is 3.22. The van der Waals surface area contributed by atoms with Crippen LogP contribution in [0.15, 0.2) is 48.7 Å². The van der Waals surface area contributed by atoms with Gasteiger partial charge in [-0.2, -0.15) is 5.10 Å². The fourth-order valence-corrected chi connectivity index (χ4v) is 3.46. The Hall–Kier alpha value is -4.48. The molecule has 0 aliphatic heterocycles. The molecule has 0 saturated carbocycles. The molecule has 34 heavy (non-hydrogen) atoms. The first-order valence-corrected chi connectivity index (χ1v) is 10.6. The number of aryl methyl sites for hydroxylation is 2. The van der Waals surface area contributed by atoms with Gasteiger partial charge in [0.05, 0.1) is 16.9 Å². The van der Waals surface area contributed by atoms with Crippen LogP contribution < -0.4 is 5.32 Å². The number of anilines is 2. The average molecular weight is 454 g/mol. The van der Waals surface area contributed by atoms with Gasteiger partial charge >= 0.3 is 5.97 Å². The van der Waals surface area contributed by atoms with Crippen LogP contribution in [0, 0.1) is 25.7 Å². The summed E-state index contributed by atoms with van der Waals surface area (Å²) >= 11 is 0. The second kappa shape index (κ2) is 10.4. The fraction of sp³-hybridized carbons (Fsp3) is 0.154. The summed E-state index contributed by atoms with van der Waals surface area (Å²) in [4.78, 5) is 21.2. The molecular weight excluding hydrogens is 430 g/mol. The van der Waals surface area contributed by atoms with Crippen LogP contribution in [-0.2, 0) is 4.74 Å². The molecule has 4 aromatic rings. The fourth-order valence-electron chi connectivity index (χ4n) is 3.46. The number of fused-ring (bicyclic) bond motifs is 1. The molecule has 0 amide bonds. The van der Waals surface area contributed by atoms with Gasteiger partial charge in [0, 0.05) is 23.0 Å². The first-order valence-electron chi connectivity index (χ1n) is 10.6. The van der Waals surface area contributed by atoms with Gasteiger partial charge in [-0.15, -0.1) is 0 Å². The molecule has 3 heterocycles. The molecule has 0 saturated heterocycles. The molecule has 0 fully saturated rings. The number of carbonyl (C=O) groups is 1. The molecule has 0 unspecified atom stereocenters. The van der Waals surface area contributed by atoms with Crippen molar-refractivity contribution in [3.63, 3.8) is 0 Å². The number of aromatic nitrogens is 4. The molecular formula is C26H23N5O3. The van der Waals surface area contributed by atoms with Crippen LogP contribution in [0.1, 0.15) is 33.0 Å². The van der Waals surface area contributed by atoms with Crippen LogP contribution in [0.2, 0.25) is 0 Å². The van der Waals surface area contributed by atoms with Crippen molar-refractivity contribution in [1.82, 2.24) is 20.2 Å². The minimum Gasteiger partial charge on any atom is -0.449 e. The second-order valence-electron chi connectivity index (χ2n) is 7.53. The van der Waals surface area contributed by atoms with E-state index >= 15 is 0 Å². The molecule has 8 nitrogen and oxygen atoms in total. The number of hydrogen-bond acceptors (Lipinski definition) is 7.